The van der Waals surface area contributed by atoms with Crippen LogP contribution < -0.4 is 16.4 Å². The van der Waals surface area contributed by atoms with Gasteiger partial charge in [-0.05, 0) is 6.92 Å². The predicted molar refractivity (Wildman–Crippen MR) is 54.0 cm³/mol. The number of nitrogens with two attached hydrogens (primary N) is 1. The summed E-state index contributed by atoms with van der Waals surface area (Å²) in [4.78, 5) is 22.1. The van der Waals surface area contributed by atoms with Crippen molar-refractivity contribution in [1.82, 2.24) is 10.6 Å². The fourth-order valence-electron chi connectivity index (χ4n) is 1.35. The fraction of sp³-hybridized carbons (Fsp3) is 0.778. The van der Waals surface area contributed by atoms with Crippen LogP contribution in [0.5, 0.6) is 0 Å². The van der Waals surface area contributed by atoms with Gasteiger partial charge >= 0.3 is 0 Å². The van der Waals surface area contributed by atoms with E-state index in [1.54, 1.807) is 6.92 Å². The van der Waals surface area contributed by atoms with Crippen molar-refractivity contribution in [2.75, 3.05) is 19.8 Å². The van der Waals surface area contributed by atoms with Crippen LogP contribution in [-0.4, -0.2) is 43.7 Å². The van der Waals surface area contributed by atoms with Gasteiger partial charge in [0.05, 0.1) is 13.2 Å². The van der Waals surface area contributed by atoms with Crippen LogP contribution in [0.2, 0.25) is 0 Å². The molecule has 15 heavy (non-hydrogen) atoms. The predicted octanol–water partition coefficient (Wildman–Crippen LogP) is -1.65. The van der Waals surface area contributed by atoms with E-state index in [1.807, 2.05) is 0 Å². The summed E-state index contributed by atoms with van der Waals surface area (Å²) in [6.07, 6.45) is 0.303. The number of nitrogens with one attached hydrogen (secondary N) is 2. The van der Waals surface area contributed by atoms with E-state index >= 15 is 0 Å². The molecule has 2 unspecified atom stereocenters. The monoisotopic (exact) mass is 215 g/mol. The molecular weight excluding hydrogens is 198 g/mol. The first-order valence-corrected chi connectivity index (χ1v) is 4.99. The average Bonchev–Trinajstić information content (AvgIpc) is 2.18. The van der Waals surface area contributed by atoms with Crippen molar-refractivity contribution in [1.29, 1.82) is 0 Å². The number of carbonyl (C=O) groups excluding carboxylic acids is 2. The van der Waals surface area contributed by atoms with Crippen LogP contribution in [0.1, 0.15) is 13.3 Å². The van der Waals surface area contributed by atoms with Gasteiger partial charge in [0.2, 0.25) is 11.8 Å². The van der Waals surface area contributed by atoms with Crippen LogP contribution in [0.3, 0.4) is 0 Å². The number of hydrogen-bond acceptors (Lipinski definition) is 4. The quantitative estimate of drug-likeness (QED) is 0.524. The van der Waals surface area contributed by atoms with Crippen LogP contribution in [0, 0.1) is 0 Å². The summed E-state index contributed by atoms with van der Waals surface area (Å²) in [5.41, 5.74) is 5.02. The van der Waals surface area contributed by atoms with E-state index in [4.69, 9.17) is 10.5 Å². The largest absolute Gasteiger partial charge is 0.378 e. The number of hydrogen-bond donors (Lipinski definition) is 3. The zero-order valence-corrected chi connectivity index (χ0v) is 8.79. The highest BCUT2D eigenvalue weighted by Crippen LogP contribution is 1.98. The van der Waals surface area contributed by atoms with Crippen molar-refractivity contribution in [3.05, 3.63) is 0 Å². The molecule has 1 heterocycles. The summed E-state index contributed by atoms with van der Waals surface area (Å²) in [6.45, 7) is 3.52. The van der Waals surface area contributed by atoms with Gasteiger partial charge in [0.25, 0.3) is 0 Å². The van der Waals surface area contributed by atoms with Crippen LogP contribution in [0.4, 0.5) is 0 Å². The number of rotatable bonds is 4. The molecule has 0 spiro atoms. The summed E-state index contributed by atoms with van der Waals surface area (Å²) in [6, 6.07) is -0.596. The molecule has 0 radical (unpaired) electrons. The maximum Gasteiger partial charge on any atom is 0.239 e. The van der Waals surface area contributed by atoms with Gasteiger partial charge in [0.15, 0.2) is 0 Å². The summed E-state index contributed by atoms with van der Waals surface area (Å²) in [5, 5.41) is 5.67. The second-order valence-electron chi connectivity index (χ2n) is 3.62. The lowest BCUT2D eigenvalue weighted by Gasteiger charge is -2.23. The molecule has 1 fully saturated rings. The van der Waals surface area contributed by atoms with Crippen molar-refractivity contribution in [3.63, 3.8) is 0 Å². The fourth-order valence-corrected chi connectivity index (χ4v) is 1.35. The molecule has 1 rings (SSSR count). The van der Waals surface area contributed by atoms with Crippen molar-refractivity contribution in [2.24, 2.45) is 5.73 Å². The van der Waals surface area contributed by atoms with Crippen molar-refractivity contribution >= 4 is 11.8 Å². The van der Waals surface area contributed by atoms with Gasteiger partial charge in [-0.3, -0.25) is 9.59 Å². The number of ether oxygens (including phenoxy) is 1. The summed E-state index contributed by atoms with van der Waals surface area (Å²) >= 11 is 0. The molecule has 4 N–H and O–H groups in total. The van der Waals surface area contributed by atoms with Crippen molar-refractivity contribution < 1.29 is 14.3 Å². The Kier molecular flexibility index (Phi) is 4.51. The van der Waals surface area contributed by atoms with Gasteiger partial charge < -0.3 is 21.1 Å². The molecule has 6 heteroatoms. The molecule has 2 atom stereocenters. The van der Waals surface area contributed by atoms with E-state index in [0.717, 1.165) is 6.54 Å². The first-order valence-electron chi connectivity index (χ1n) is 4.99. The zero-order chi connectivity index (χ0) is 11.3. The van der Waals surface area contributed by atoms with E-state index in [1.165, 1.54) is 0 Å². The highest BCUT2D eigenvalue weighted by molar-refractivity contribution is 5.86. The molecule has 6 nitrogen and oxygen atoms in total. The Hall–Kier alpha value is -1.14. The smallest absolute Gasteiger partial charge is 0.239 e. The molecule has 0 aliphatic carbocycles. The number of carbonyl (C=O) groups is 2. The average molecular weight is 215 g/mol. The highest BCUT2D eigenvalue weighted by atomic mass is 16.5. The minimum absolute atomic E-state index is 0.0267. The molecule has 0 saturated carbocycles. The summed E-state index contributed by atoms with van der Waals surface area (Å²) in [7, 11) is 0. The SMILES string of the molecule is CC(NC(=O)CC1COCCN1)C(N)=O. The first kappa shape index (κ1) is 11.9. The topological polar surface area (TPSA) is 93.4 Å². The van der Waals surface area contributed by atoms with Crippen LogP contribution in [0.15, 0.2) is 0 Å². The highest BCUT2D eigenvalue weighted by Gasteiger charge is 2.19. The van der Waals surface area contributed by atoms with Gasteiger partial charge in [-0.1, -0.05) is 0 Å². The van der Waals surface area contributed by atoms with E-state index < -0.39 is 11.9 Å². The normalized spacial score (nSPS) is 23.1. The second kappa shape index (κ2) is 5.67. The molecular formula is C9H17N3O3. The molecule has 86 valence electrons. The van der Waals surface area contributed by atoms with E-state index in [9.17, 15) is 9.59 Å². The Labute approximate surface area is 88.5 Å². The van der Waals surface area contributed by atoms with Crippen molar-refractivity contribution in [3.8, 4) is 0 Å². The minimum atomic E-state index is -0.623. The Morgan fingerprint density at radius 3 is 2.93 bits per heavy atom. The molecule has 0 aromatic carbocycles. The maximum absolute atomic E-state index is 11.4. The number of morpholine rings is 1. The van der Waals surface area contributed by atoms with Gasteiger partial charge in [-0.2, -0.15) is 0 Å². The Morgan fingerprint density at radius 1 is 1.67 bits per heavy atom. The third-order valence-corrected chi connectivity index (χ3v) is 2.23. The lowest BCUT2D eigenvalue weighted by atomic mass is 10.2. The number of amides is 2. The molecule has 1 aliphatic heterocycles. The second-order valence-corrected chi connectivity index (χ2v) is 3.62. The van der Waals surface area contributed by atoms with Crippen LogP contribution >= 0.6 is 0 Å². The third kappa shape index (κ3) is 4.26. The molecule has 1 saturated heterocycles. The first-order chi connectivity index (χ1) is 7.09. The van der Waals surface area contributed by atoms with Gasteiger partial charge in [-0.15, -0.1) is 0 Å². The van der Waals surface area contributed by atoms with Gasteiger partial charge in [0.1, 0.15) is 6.04 Å². The Morgan fingerprint density at radius 2 is 2.40 bits per heavy atom. The Bertz CT molecular complexity index is 239. The van der Waals surface area contributed by atoms with Crippen LogP contribution in [-0.2, 0) is 14.3 Å². The molecule has 2 amide bonds. The Balaban J connectivity index is 2.25. The minimum Gasteiger partial charge on any atom is -0.378 e. The summed E-state index contributed by atoms with van der Waals surface area (Å²) < 4.78 is 5.20. The molecule has 1 aliphatic rings. The van der Waals surface area contributed by atoms with Gasteiger partial charge in [-0.25, -0.2) is 0 Å². The lowest BCUT2D eigenvalue weighted by molar-refractivity contribution is -0.127. The molecule has 0 aromatic heterocycles. The van der Waals surface area contributed by atoms with Crippen molar-refractivity contribution in [2.45, 2.75) is 25.4 Å². The van der Waals surface area contributed by atoms with E-state index in [2.05, 4.69) is 10.6 Å². The lowest BCUT2D eigenvalue weighted by Crippen LogP contribution is -2.47. The zero-order valence-electron chi connectivity index (χ0n) is 8.79. The maximum atomic E-state index is 11.4. The van der Waals surface area contributed by atoms with Gasteiger partial charge in [0, 0.05) is 19.0 Å². The third-order valence-electron chi connectivity index (χ3n) is 2.23. The van der Waals surface area contributed by atoms with Crippen LogP contribution in [0.25, 0.3) is 0 Å². The standard InChI is InChI=1S/C9H17N3O3/c1-6(9(10)14)12-8(13)4-7-5-15-3-2-11-7/h6-7,11H,2-5H2,1H3,(H2,10,14)(H,12,13). The summed E-state index contributed by atoms with van der Waals surface area (Å²) in [5.74, 6) is -0.722. The molecule has 0 aromatic rings. The van der Waals surface area contributed by atoms with E-state index in [-0.39, 0.29) is 11.9 Å². The molecule has 0 bridgehead atoms. The van der Waals surface area contributed by atoms with E-state index in [0.29, 0.717) is 19.6 Å². The number of primary amides is 1.